The monoisotopic (exact) mass is 408 g/mol. The van der Waals surface area contributed by atoms with Crippen molar-refractivity contribution in [1.29, 1.82) is 0 Å². The van der Waals surface area contributed by atoms with Gasteiger partial charge in [0.2, 0.25) is 0 Å². The van der Waals surface area contributed by atoms with Gasteiger partial charge in [-0.15, -0.1) is 0 Å². The minimum atomic E-state index is -2.87. The molecule has 0 radical (unpaired) electrons. The number of hydrogen-bond acceptors (Lipinski definition) is 4. The van der Waals surface area contributed by atoms with E-state index in [1.165, 1.54) is 19.2 Å². The van der Waals surface area contributed by atoms with Crippen LogP contribution in [-0.4, -0.2) is 31.3 Å². The SMILES string of the molecule is COC(=O)CCCNC(=S)N[C@@H](c1ccccc1)c1ccc(OC(F)F)cc1. The first-order valence-corrected chi connectivity index (χ1v) is 9.11. The Morgan fingerprint density at radius 2 is 1.71 bits per heavy atom. The standard InChI is InChI=1S/C20H22F2N2O3S/c1-26-17(25)8-5-13-23-20(28)24-18(14-6-3-2-4-7-14)15-9-11-16(12-10-15)27-19(21)22/h2-4,6-7,9-12,18-19H,5,8,13H2,1H3,(H2,23,24,28)/t18-/m0/s1. The van der Waals surface area contributed by atoms with Crippen molar-refractivity contribution in [2.24, 2.45) is 0 Å². The predicted molar refractivity (Wildman–Crippen MR) is 106 cm³/mol. The Morgan fingerprint density at radius 1 is 1.07 bits per heavy atom. The molecule has 0 aliphatic rings. The van der Waals surface area contributed by atoms with Gasteiger partial charge < -0.3 is 20.1 Å². The zero-order valence-corrected chi connectivity index (χ0v) is 16.2. The van der Waals surface area contributed by atoms with Crippen LogP contribution in [0, 0.1) is 0 Å². The van der Waals surface area contributed by atoms with Gasteiger partial charge in [0.25, 0.3) is 0 Å². The molecule has 0 aliphatic heterocycles. The lowest BCUT2D eigenvalue weighted by Crippen LogP contribution is -2.38. The van der Waals surface area contributed by atoms with Crippen molar-refractivity contribution in [2.45, 2.75) is 25.5 Å². The van der Waals surface area contributed by atoms with Gasteiger partial charge in [-0.2, -0.15) is 8.78 Å². The number of methoxy groups -OCH3 is 1. The Labute approximate surface area is 168 Å². The molecule has 28 heavy (non-hydrogen) atoms. The molecule has 8 heteroatoms. The molecule has 1 atom stereocenters. The second kappa shape index (κ2) is 11.2. The van der Waals surface area contributed by atoms with Crippen LogP contribution in [0.2, 0.25) is 0 Å². The molecule has 0 bridgehead atoms. The molecule has 0 aromatic heterocycles. The van der Waals surface area contributed by atoms with Gasteiger partial charge in [-0.3, -0.25) is 4.79 Å². The van der Waals surface area contributed by atoms with Crippen molar-refractivity contribution >= 4 is 23.3 Å². The molecule has 0 unspecified atom stereocenters. The molecule has 0 fully saturated rings. The van der Waals surface area contributed by atoms with Crippen molar-refractivity contribution in [1.82, 2.24) is 10.6 Å². The van der Waals surface area contributed by atoms with E-state index in [4.69, 9.17) is 12.2 Å². The number of esters is 1. The molecule has 0 aliphatic carbocycles. The second-order valence-corrected chi connectivity index (χ2v) is 6.28. The highest BCUT2D eigenvalue weighted by Crippen LogP contribution is 2.24. The molecular weight excluding hydrogens is 386 g/mol. The number of halogens is 2. The zero-order valence-electron chi connectivity index (χ0n) is 15.4. The smallest absolute Gasteiger partial charge is 0.387 e. The summed E-state index contributed by atoms with van der Waals surface area (Å²) in [6.07, 6.45) is 0.893. The van der Waals surface area contributed by atoms with E-state index in [0.29, 0.717) is 24.5 Å². The molecule has 2 N–H and O–H groups in total. The van der Waals surface area contributed by atoms with Gasteiger partial charge >= 0.3 is 12.6 Å². The van der Waals surface area contributed by atoms with Crippen LogP contribution in [0.3, 0.4) is 0 Å². The zero-order chi connectivity index (χ0) is 20.4. The number of alkyl halides is 2. The fourth-order valence-electron chi connectivity index (χ4n) is 2.57. The maximum atomic E-state index is 12.3. The van der Waals surface area contributed by atoms with Gasteiger partial charge in [-0.1, -0.05) is 42.5 Å². The Bertz CT molecular complexity index is 758. The summed E-state index contributed by atoms with van der Waals surface area (Å²) in [5.74, 6) is -0.178. The van der Waals surface area contributed by atoms with Crippen molar-refractivity contribution in [3.05, 3.63) is 65.7 Å². The summed E-state index contributed by atoms with van der Waals surface area (Å²) in [6, 6.07) is 15.7. The Balaban J connectivity index is 2.04. The third-order valence-electron chi connectivity index (χ3n) is 3.92. The molecule has 0 spiro atoms. The van der Waals surface area contributed by atoms with E-state index < -0.39 is 6.61 Å². The molecule has 150 valence electrons. The summed E-state index contributed by atoms with van der Waals surface area (Å²) in [6.45, 7) is -2.35. The minimum Gasteiger partial charge on any atom is -0.469 e. The Morgan fingerprint density at radius 3 is 2.32 bits per heavy atom. The Hall–Kier alpha value is -2.74. The van der Waals surface area contributed by atoms with E-state index in [-0.39, 0.29) is 17.8 Å². The van der Waals surface area contributed by atoms with Gasteiger partial charge in [0.15, 0.2) is 5.11 Å². The van der Waals surface area contributed by atoms with E-state index in [1.54, 1.807) is 12.1 Å². The lowest BCUT2D eigenvalue weighted by atomic mass is 9.99. The normalized spacial score (nSPS) is 11.6. The minimum absolute atomic E-state index is 0.0917. The first kappa shape index (κ1) is 21.6. The quantitative estimate of drug-likeness (QED) is 0.374. The molecular formula is C20H22F2N2O3S. The van der Waals surface area contributed by atoms with Gasteiger partial charge in [0.05, 0.1) is 13.2 Å². The first-order valence-electron chi connectivity index (χ1n) is 8.70. The van der Waals surface area contributed by atoms with Crippen molar-refractivity contribution in [3.8, 4) is 5.75 Å². The molecule has 5 nitrogen and oxygen atoms in total. The number of carbonyl (C=O) groups is 1. The highest BCUT2D eigenvalue weighted by Gasteiger charge is 2.16. The van der Waals surface area contributed by atoms with E-state index in [9.17, 15) is 13.6 Å². The highest BCUT2D eigenvalue weighted by molar-refractivity contribution is 7.80. The molecule has 2 aromatic carbocycles. The van der Waals surface area contributed by atoms with E-state index in [1.807, 2.05) is 30.3 Å². The number of nitrogens with one attached hydrogen (secondary N) is 2. The first-order chi connectivity index (χ1) is 13.5. The topological polar surface area (TPSA) is 59.6 Å². The largest absolute Gasteiger partial charge is 0.469 e. The fourth-order valence-corrected chi connectivity index (χ4v) is 2.79. The van der Waals surface area contributed by atoms with Gasteiger partial charge in [0, 0.05) is 13.0 Å². The van der Waals surface area contributed by atoms with Crippen LogP contribution < -0.4 is 15.4 Å². The number of benzene rings is 2. The summed E-state index contributed by atoms with van der Waals surface area (Å²) in [5, 5.41) is 6.71. The van der Waals surface area contributed by atoms with Crippen LogP contribution in [-0.2, 0) is 9.53 Å². The molecule has 2 rings (SSSR count). The summed E-state index contributed by atoms with van der Waals surface area (Å²) in [4.78, 5) is 11.1. The molecule has 2 aromatic rings. The summed E-state index contributed by atoms with van der Waals surface area (Å²) in [5.41, 5.74) is 1.80. The number of ether oxygens (including phenoxy) is 2. The Kier molecular flexibility index (Phi) is 8.61. The fraction of sp³-hybridized carbons (Fsp3) is 0.300. The summed E-state index contributed by atoms with van der Waals surface area (Å²) < 4.78 is 33.7. The third kappa shape index (κ3) is 7.11. The van der Waals surface area contributed by atoms with Crippen LogP contribution in [0.1, 0.15) is 30.0 Å². The summed E-state index contributed by atoms with van der Waals surface area (Å²) >= 11 is 5.36. The predicted octanol–water partition coefficient (Wildman–Crippen LogP) is 3.79. The molecule has 0 saturated carbocycles. The molecule has 0 saturated heterocycles. The number of carbonyl (C=O) groups excluding carboxylic acids is 1. The van der Waals surface area contributed by atoms with Crippen molar-refractivity contribution in [3.63, 3.8) is 0 Å². The lowest BCUT2D eigenvalue weighted by Gasteiger charge is -2.22. The van der Waals surface area contributed by atoms with Gasteiger partial charge in [-0.25, -0.2) is 0 Å². The summed E-state index contributed by atoms with van der Waals surface area (Å²) in [7, 11) is 1.35. The van der Waals surface area contributed by atoms with Crippen LogP contribution >= 0.6 is 12.2 Å². The molecule has 0 amide bonds. The van der Waals surface area contributed by atoms with Crippen molar-refractivity contribution in [2.75, 3.05) is 13.7 Å². The number of thiocarbonyl (C=S) groups is 1. The lowest BCUT2D eigenvalue weighted by molar-refractivity contribution is -0.140. The van der Waals surface area contributed by atoms with Gasteiger partial charge in [0.1, 0.15) is 5.75 Å². The number of hydrogen-bond donors (Lipinski definition) is 2. The van der Waals surface area contributed by atoms with E-state index in [0.717, 1.165) is 11.1 Å². The van der Waals surface area contributed by atoms with Crippen LogP contribution in [0.25, 0.3) is 0 Å². The van der Waals surface area contributed by atoms with Crippen LogP contribution in [0.5, 0.6) is 5.75 Å². The average molecular weight is 408 g/mol. The highest BCUT2D eigenvalue weighted by atomic mass is 32.1. The van der Waals surface area contributed by atoms with Crippen LogP contribution in [0.4, 0.5) is 8.78 Å². The van der Waals surface area contributed by atoms with Gasteiger partial charge in [-0.05, 0) is 41.9 Å². The third-order valence-corrected chi connectivity index (χ3v) is 4.18. The van der Waals surface area contributed by atoms with E-state index >= 15 is 0 Å². The molecule has 0 heterocycles. The number of rotatable bonds is 9. The van der Waals surface area contributed by atoms with Crippen molar-refractivity contribution < 1.29 is 23.0 Å². The van der Waals surface area contributed by atoms with E-state index in [2.05, 4.69) is 20.1 Å². The average Bonchev–Trinajstić information content (AvgIpc) is 2.70. The second-order valence-electron chi connectivity index (χ2n) is 5.87. The van der Waals surface area contributed by atoms with Crippen LogP contribution in [0.15, 0.2) is 54.6 Å². The maximum absolute atomic E-state index is 12.3. The maximum Gasteiger partial charge on any atom is 0.387 e.